The largest absolute Gasteiger partial charge is 0.492 e. The number of pyridine rings is 1. The molecule has 102 valence electrons. The smallest absolute Gasteiger partial charge is 0.140 e. The van der Waals surface area contributed by atoms with Gasteiger partial charge in [-0.1, -0.05) is 30.3 Å². The van der Waals surface area contributed by atoms with Crippen LogP contribution >= 0.6 is 0 Å². The van der Waals surface area contributed by atoms with Crippen molar-refractivity contribution >= 4 is 0 Å². The molecule has 20 heavy (non-hydrogen) atoms. The van der Waals surface area contributed by atoms with Crippen LogP contribution in [0.2, 0.25) is 0 Å². The third-order valence-electron chi connectivity index (χ3n) is 2.79. The first kappa shape index (κ1) is 14.0. The minimum absolute atomic E-state index is 0.405. The molecule has 0 saturated carbocycles. The van der Waals surface area contributed by atoms with Gasteiger partial charge in [0.1, 0.15) is 17.5 Å². The molecule has 2 aromatic rings. The third kappa shape index (κ3) is 4.71. The van der Waals surface area contributed by atoms with Gasteiger partial charge in [0.15, 0.2) is 0 Å². The highest BCUT2D eigenvalue weighted by Gasteiger charge is 1.96. The SMILES string of the molecule is N#Cc1ccc(OCCCNCc2ccccc2)cn1. The molecule has 4 heteroatoms. The van der Waals surface area contributed by atoms with Crippen LogP contribution in [-0.4, -0.2) is 18.1 Å². The molecule has 0 radical (unpaired) electrons. The lowest BCUT2D eigenvalue weighted by Gasteiger charge is -2.07. The van der Waals surface area contributed by atoms with Crippen LogP contribution in [-0.2, 0) is 6.54 Å². The number of benzene rings is 1. The number of hydrogen-bond acceptors (Lipinski definition) is 4. The second-order valence-corrected chi connectivity index (χ2v) is 4.36. The molecule has 0 bridgehead atoms. The third-order valence-corrected chi connectivity index (χ3v) is 2.79. The van der Waals surface area contributed by atoms with E-state index in [1.165, 1.54) is 5.56 Å². The minimum atomic E-state index is 0.405. The first-order chi connectivity index (χ1) is 9.88. The molecule has 0 aliphatic heterocycles. The molecular formula is C16H17N3O. The van der Waals surface area contributed by atoms with Gasteiger partial charge in [0.2, 0.25) is 0 Å². The average Bonchev–Trinajstić information content (AvgIpc) is 2.52. The van der Waals surface area contributed by atoms with E-state index in [1.807, 2.05) is 24.3 Å². The Morgan fingerprint density at radius 2 is 2.00 bits per heavy atom. The van der Waals surface area contributed by atoms with E-state index >= 15 is 0 Å². The van der Waals surface area contributed by atoms with Gasteiger partial charge in [-0.2, -0.15) is 5.26 Å². The van der Waals surface area contributed by atoms with Gasteiger partial charge in [-0.05, 0) is 30.7 Å². The summed E-state index contributed by atoms with van der Waals surface area (Å²) in [6, 6.07) is 15.7. The van der Waals surface area contributed by atoms with E-state index < -0.39 is 0 Å². The second kappa shape index (κ2) is 7.93. The molecule has 2 rings (SSSR count). The summed E-state index contributed by atoms with van der Waals surface area (Å²) in [5, 5.41) is 12.0. The summed E-state index contributed by atoms with van der Waals surface area (Å²) < 4.78 is 5.55. The number of aromatic nitrogens is 1. The highest BCUT2D eigenvalue weighted by molar-refractivity contribution is 5.26. The van der Waals surface area contributed by atoms with E-state index in [1.54, 1.807) is 18.3 Å². The van der Waals surface area contributed by atoms with Crippen LogP contribution in [0.5, 0.6) is 5.75 Å². The van der Waals surface area contributed by atoms with Crippen LogP contribution in [0.4, 0.5) is 0 Å². The van der Waals surface area contributed by atoms with Crippen molar-refractivity contribution in [3.8, 4) is 11.8 Å². The Morgan fingerprint density at radius 3 is 2.70 bits per heavy atom. The predicted octanol–water partition coefficient (Wildman–Crippen LogP) is 2.51. The predicted molar refractivity (Wildman–Crippen MR) is 77.2 cm³/mol. The van der Waals surface area contributed by atoms with Crippen molar-refractivity contribution in [3.63, 3.8) is 0 Å². The number of ether oxygens (including phenoxy) is 1. The maximum atomic E-state index is 8.63. The summed E-state index contributed by atoms with van der Waals surface area (Å²) in [7, 11) is 0. The molecule has 0 unspecified atom stereocenters. The van der Waals surface area contributed by atoms with Gasteiger partial charge in [-0.25, -0.2) is 4.98 Å². The lowest BCUT2D eigenvalue weighted by atomic mass is 10.2. The van der Waals surface area contributed by atoms with E-state index in [4.69, 9.17) is 10.00 Å². The van der Waals surface area contributed by atoms with E-state index in [2.05, 4.69) is 22.4 Å². The standard InChI is InChI=1S/C16H17N3O/c17-11-15-7-8-16(13-19-15)20-10-4-9-18-12-14-5-2-1-3-6-14/h1-3,5-8,13,18H,4,9-10,12H2. The number of nitrogens with one attached hydrogen (secondary N) is 1. The van der Waals surface area contributed by atoms with Gasteiger partial charge in [0.05, 0.1) is 12.8 Å². The fourth-order valence-corrected chi connectivity index (χ4v) is 1.75. The van der Waals surface area contributed by atoms with E-state index in [-0.39, 0.29) is 0 Å². The molecule has 0 aliphatic rings. The number of rotatable bonds is 7. The summed E-state index contributed by atoms with van der Waals surface area (Å²) in [5.41, 5.74) is 1.69. The Bertz CT molecular complexity index is 546. The lowest BCUT2D eigenvalue weighted by Crippen LogP contribution is -2.16. The second-order valence-electron chi connectivity index (χ2n) is 4.36. The Hall–Kier alpha value is -2.38. The van der Waals surface area contributed by atoms with Crippen molar-refractivity contribution < 1.29 is 4.74 Å². The number of nitriles is 1. The van der Waals surface area contributed by atoms with Gasteiger partial charge in [0, 0.05) is 6.54 Å². The van der Waals surface area contributed by atoms with Crippen molar-refractivity contribution in [2.45, 2.75) is 13.0 Å². The number of hydrogen-bond donors (Lipinski definition) is 1. The minimum Gasteiger partial charge on any atom is -0.492 e. The van der Waals surface area contributed by atoms with Gasteiger partial charge in [-0.3, -0.25) is 0 Å². The van der Waals surface area contributed by atoms with Crippen molar-refractivity contribution in [2.24, 2.45) is 0 Å². The van der Waals surface area contributed by atoms with E-state index in [0.29, 0.717) is 18.1 Å². The van der Waals surface area contributed by atoms with Gasteiger partial charge in [-0.15, -0.1) is 0 Å². The molecule has 0 fully saturated rings. The van der Waals surface area contributed by atoms with Gasteiger partial charge in [0.25, 0.3) is 0 Å². The van der Waals surface area contributed by atoms with Crippen LogP contribution < -0.4 is 10.1 Å². The Balaban J connectivity index is 1.58. The van der Waals surface area contributed by atoms with Gasteiger partial charge < -0.3 is 10.1 Å². The first-order valence-corrected chi connectivity index (χ1v) is 6.62. The van der Waals surface area contributed by atoms with Crippen LogP contribution in [0.15, 0.2) is 48.7 Å². The molecule has 0 atom stereocenters. The topological polar surface area (TPSA) is 57.9 Å². The first-order valence-electron chi connectivity index (χ1n) is 6.62. The fourth-order valence-electron chi connectivity index (χ4n) is 1.75. The molecular weight excluding hydrogens is 250 g/mol. The molecule has 4 nitrogen and oxygen atoms in total. The Labute approximate surface area is 119 Å². The zero-order chi connectivity index (χ0) is 14.0. The highest BCUT2D eigenvalue weighted by atomic mass is 16.5. The molecule has 1 heterocycles. The normalized spacial score (nSPS) is 9.95. The van der Waals surface area contributed by atoms with Crippen LogP contribution in [0.3, 0.4) is 0 Å². The molecule has 0 saturated heterocycles. The maximum absolute atomic E-state index is 8.63. The highest BCUT2D eigenvalue weighted by Crippen LogP contribution is 2.08. The Morgan fingerprint density at radius 1 is 1.15 bits per heavy atom. The molecule has 0 spiro atoms. The summed E-state index contributed by atoms with van der Waals surface area (Å²) in [4.78, 5) is 3.95. The molecule has 0 amide bonds. The maximum Gasteiger partial charge on any atom is 0.140 e. The zero-order valence-electron chi connectivity index (χ0n) is 11.2. The summed E-state index contributed by atoms with van der Waals surface area (Å²) in [6.45, 7) is 2.41. The fraction of sp³-hybridized carbons (Fsp3) is 0.250. The summed E-state index contributed by atoms with van der Waals surface area (Å²) in [5.74, 6) is 0.701. The van der Waals surface area contributed by atoms with Crippen LogP contribution in [0.1, 0.15) is 17.7 Å². The lowest BCUT2D eigenvalue weighted by molar-refractivity contribution is 0.307. The molecule has 1 N–H and O–H groups in total. The van der Waals surface area contributed by atoms with Crippen molar-refractivity contribution in [1.29, 1.82) is 5.26 Å². The van der Waals surface area contributed by atoms with Crippen LogP contribution in [0.25, 0.3) is 0 Å². The summed E-state index contributed by atoms with van der Waals surface area (Å²) >= 11 is 0. The molecule has 0 aliphatic carbocycles. The van der Waals surface area contributed by atoms with Gasteiger partial charge >= 0.3 is 0 Å². The van der Waals surface area contributed by atoms with Crippen molar-refractivity contribution in [1.82, 2.24) is 10.3 Å². The number of nitrogens with zero attached hydrogens (tertiary/aromatic N) is 2. The quantitative estimate of drug-likeness (QED) is 0.783. The van der Waals surface area contributed by atoms with E-state index in [0.717, 1.165) is 19.5 Å². The Kier molecular flexibility index (Phi) is 5.56. The van der Waals surface area contributed by atoms with Crippen LogP contribution in [0, 0.1) is 11.3 Å². The van der Waals surface area contributed by atoms with Crippen molar-refractivity contribution in [2.75, 3.05) is 13.2 Å². The zero-order valence-corrected chi connectivity index (χ0v) is 11.2. The summed E-state index contributed by atoms with van der Waals surface area (Å²) in [6.07, 6.45) is 2.50. The van der Waals surface area contributed by atoms with E-state index in [9.17, 15) is 0 Å². The van der Waals surface area contributed by atoms with Crippen molar-refractivity contribution in [3.05, 3.63) is 59.9 Å². The molecule has 1 aromatic carbocycles. The molecule has 1 aromatic heterocycles. The monoisotopic (exact) mass is 267 g/mol. The average molecular weight is 267 g/mol.